The molecule has 2 amide bonds. The van der Waals surface area contributed by atoms with E-state index in [-0.39, 0.29) is 23.8 Å². The van der Waals surface area contributed by atoms with E-state index in [1.54, 1.807) is 36.3 Å². The zero-order chi connectivity index (χ0) is 28.4. The van der Waals surface area contributed by atoms with Crippen LogP contribution in [0.4, 0.5) is 5.69 Å². The van der Waals surface area contributed by atoms with Crippen LogP contribution in [-0.2, 0) is 24.7 Å². The number of Topliss-reactive ketones (excluding diaryl/α,β-unsaturated/α-hetero) is 1. The van der Waals surface area contributed by atoms with Gasteiger partial charge >= 0.3 is 0 Å². The predicted molar refractivity (Wildman–Crippen MR) is 151 cm³/mol. The van der Waals surface area contributed by atoms with Crippen LogP contribution in [-0.4, -0.2) is 85.6 Å². The van der Waals surface area contributed by atoms with Gasteiger partial charge in [-0.05, 0) is 49.6 Å². The molecule has 0 aromatic heterocycles. The number of hydrogen-bond acceptors (Lipinski definition) is 7. The Bertz CT molecular complexity index is 1350. The zero-order valence-electron chi connectivity index (χ0n) is 23.4. The molecule has 3 aliphatic heterocycles. The molecule has 212 valence electrons. The fraction of sp³-hybridized carbons (Fsp3) is 0.452. The molecular weight excluding hydrogens is 510 g/mol. The van der Waals surface area contributed by atoms with Crippen LogP contribution >= 0.6 is 0 Å². The van der Waals surface area contributed by atoms with Gasteiger partial charge in [0.2, 0.25) is 0 Å². The number of rotatable bonds is 9. The Morgan fingerprint density at radius 2 is 1.77 bits per heavy atom. The van der Waals surface area contributed by atoms with Gasteiger partial charge in [0.05, 0.1) is 31.6 Å². The van der Waals surface area contributed by atoms with Crippen molar-refractivity contribution in [2.75, 3.05) is 57.9 Å². The Kier molecular flexibility index (Phi) is 7.96. The maximum atomic E-state index is 14.6. The number of para-hydroxylation sites is 1. The maximum Gasteiger partial charge on any atom is 0.296 e. The molecule has 2 aromatic rings. The lowest BCUT2D eigenvalue weighted by molar-refractivity contribution is -0.143. The average Bonchev–Trinajstić information content (AvgIpc) is 3.34. The lowest BCUT2D eigenvalue weighted by atomic mass is 9.81. The third-order valence-corrected chi connectivity index (χ3v) is 8.17. The van der Waals surface area contributed by atoms with Crippen LogP contribution in [0.15, 0.2) is 48.0 Å². The Morgan fingerprint density at radius 3 is 2.48 bits per heavy atom. The van der Waals surface area contributed by atoms with Crippen LogP contribution in [0.2, 0.25) is 0 Å². The number of carbonyl (C=O) groups is 3. The number of aliphatic hydroxyl groups excluding tert-OH is 1. The first-order chi connectivity index (χ1) is 19.4. The topological polar surface area (TPSA) is 99.6 Å². The van der Waals surface area contributed by atoms with Gasteiger partial charge in [-0.25, -0.2) is 0 Å². The summed E-state index contributed by atoms with van der Waals surface area (Å²) in [5, 5.41) is 11.7. The first-order valence-electron chi connectivity index (χ1n) is 14.0. The quantitative estimate of drug-likeness (QED) is 0.292. The SMILES string of the molecule is CCCCN1C(=O)[C@@]2(C(=C(O)c3ccc(OC)c(C)c3)C(=O)C(=O)N2CCCN2CCOCC2)c2ccccc21. The normalized spacial score (nSPS) is 22.4. The molecule has 9 heteroatoms. The molecule has 40 heavy (non-hydrogen) atoms. The minimum Gasteiger partial charge on any atom is -0.507 e. The molecule has 0 saturated carbocycles. The predicted octanol–water partition coefficient (Wildman–Crippen LogP) is 3.45. The van der Waals surface area contributed by atoms with Gasteiger partial charge in [0.25, 0.3) is 17.6 Å². The number of carbonyl (C=O) groups excluding carboxylic acids is 3. The van der Waals surface area contributed by atoms with Crippen molar-refractivity contribution >= 4 is 29.0 Å². The van der Waals surface area contributed by atoms with Gasteiger partial charge in [-0.15, -0.1) is 0 Å². The second-order valence-electron chi connectivity index (χ2n) is 10.5. The lowest BCUT2D eigenvalue weighted by Crippen LogP contribution is -2.52. The summed E-state index contributed by atoms with van der Waals surface area (Å²) in [5.74, 6) is -1.73. The number of nitrogens with zero attached hydrogens (tertiary/aromatic N) is 3. The second-order valence-corrected chi connectivity index (χ2v) is 10.5. The Morgan fingerprint density at radius 1 is 1.02 bits per heavy atom. The summed E-state index contributed by atoms with van der Waals surface area (Å²) in [6, 6.07) is 12.3. The second kappa shape index (κ2) is 11.4. The van der Waals surface area contributed by atoms with E-state index in [0.29, 0.717) is 55.3 Å². The number of benzene rings is 2. The molecule has 0 bridgehead atoms. The minimum atomic E-state index is -1.73. The number of amides is 2. The van der Waals surface area contributed by atoms with Crippen molar-refractivity contribution in [3.63, 3.8) is 0 Å². The number of morpholine rings is 1. The van der Waals surface area contributed by atoms with Crippen molar-refractivity contribution in [2.45, 2.75) is 38.6 Å². The van der Waals surface area contributed by atoms with Crippen LogP contribution < -0.4 is 9.64 Å². The molecule has 5 rings (SSSR count). The van der Waals surface area contributed by atoms with Crippen LogP contribution in [0.1, 0.15) is 42.9 Å². The number of anilines is 1. The van der Waals surface area contributed by atoms with E-state index in [4.69, 9.17) is 9.47 Å². The molecule has 2 fully saturated rings. The smallest absolute Gasteiger partial charge is 0.296 e. The fourth-order valence-electron chi connectivity index (χ4n) is 6.15. The maximum absolute atomic E-state index is 14.6. The van der Waals surface area contributed by atoms with Crippen molar-refractivity contribution in [2.24, 2.45) is 0 Å². The molecular formula is C31H37N3O6. The number of fused-ring (bicyclic) bond motifs is 2. The number of unbranched alkanes of at least 4 members (excludes halogenated alkanes) is 1. The molecule has 0 radical (unpaired) electrons. The lowest BCUT2D eigenvalue weighted by Gasteiger charge is -2.35. The third kappa shape index (κ3) is 4.47. The monoisotopic (exact) mass is 547 g/mol. The summed E-state index contributed by atoms with van der Waals surface area (Å²) in [6.07, 6.45) is 2.21. The highest BCUT2D eigenvalue weighted by molar-refractivity contribution is 6.50. The summed E-state index contributed by atoms with van der Waals surface area (Å²) < 4.78 is 10.8. The van der Waals surface area contributed by atoms with Gasteiger partial charge in [0.15, 0.2) is 5.54 Å². The average molecular weight is 548 g/mol. The molecule has 3 aliphatic rings. The Hall–Kier alpha value is -3.69. The number of hydrogen-bond donors (Lipinski definition) is 1. The number of aryl methyl sites for hydroxylation is 1. The number of likely N-dealkylation sites (tertiary alicyclic amines) is 1. The highest BCUT2D eigenvalue weighted by Crippen LogP contribution is 2.53. The van der Waals surface area contributed by atoms with Gasteiger partial charge in [0.1, 0.15) is 11.5 Å². The largest absolute Gasteiger partial charge is 0.507 e. The molecule has 2 aromatic carbocycles. The van der Waals surface area contributed by atoms with Crippen molar-refractivity contribution in [1.82, 2.24) is 9.80 Å². The molecule has 9 nitrogen and oxygen atoms in total. The van der Waals surface area contributed by atoms with Gasteiger partial charge in [0, 0.05) is 43.9 Å². The molecule has 3 heterocycles. The van der Waals surface area contributed by atoms with Crippen molar-refractivity contribution in [1.29, 1.82) is 0 Å². The van der Waals surface area contributed by atoms with Gasteiger partial charge < -0.3 is 24.4 Å². The summed E-state index contributed by atoms with van der Waals surface area (Å²) in [7, 11) is 1.56. The van der Waals surface area contributed by atoms with Gasteiger partial charge in [-0.3, -0.25) is 19.3 Å². The van der Waals surface area contributed by atoms with Crippen molar-refractivity contribution in [3.8, 4) is 5.75 Å². The third-order valence-electron chi connectivity index (χ3n) is 8.17. The standard InChI is InChI=1S/C31H37N3O6/c1-4-5-14-33-24-10-7-6-9-23(24)31(30(33)38)26(27(35)22-11-12-25(39-3)21(2)20-22)28(36)29(37)34(31)15-8-13-32-16-18-40-19-17-32/h6-7,9-12,20,35H,4-5,8,13-19H2,1-3H3/t31-/m0/s1. The van der Waals surface area contributed by atoms with E-state index >= 15 is 0 Å². The van der Waals surface area contributed by atoms with E-state index in [0.717, 1.165) is 31.5 Å². The first-order valence-corrected chi connectivity index (χ1v) is 14.0. The zero-order valence-corrected chi connectivity index (χ0v) is 23.4. The molecule has 1 N–H and O–H groups in total. The summed E-state index contributed by atoms with van der Waals surface area (Å²) in [6.45, 7) is 8.15. The van der Waals surface area contributed by atoms with Crippen LogP contribution in [0, 0.1) is 6.92 Å². The van der Waals surface area contributed by atoms with Crippen molar-refractivity contribution in [3.05, 3.63) is 64.7 Å². The van der Waals surface area contributed by atoms with Gasteiger partial charge in [-0.1, -0.05) is 31.5 Å². The number of methoxy groups -OCH3 is 1. The van der Waals surface area contributed by atoms with E-state index in [1.807, 2.05) is 32.0 Å². The molecule has 0 aliphatic carbocycles. The van der Waals surface area contributed by atoms with Crippen LogP contribution in [0.25, 0.3) is 5.76 Å². The van der Waals surface area contributed by atoms with E-state index in [1.165, 1.54) is 4.90 Å². The highest BCUT2D eigenvalue weighted by atomic mass is 16.5. The summed E-state index contributed by atoms with van der Waals surface area (Å²) in [5.41, 5.74) is 0.405. The van der Waals surface area contributed by atoms with Crippen LogP contribution in [0.3, 0.4) is 0 Å². The first kappa shape index (κ1) is 27.9. The number of ketones is 1. The minimum absolute atomic E-state index is 0.176. The van der Waals surface area contributed by atoms with Crippen LogP contribution in [0.5, 0.6) is 5.75 Å². The molecule has 1 atom stereocenters. The summed E-state index contributed by atoms with van der Waals surface area (Å²) >= 11 is 0. The van der Waals surface area contributed by atoms with E-state index in [2.05, 4.69) is 4.90 Å². The van der Waals surface area contributed by atoms with Gasteiger partial charge in [-0.2, -0.15) is 0 Å². The molecule has 2 saturated heterocycles. The number of ether oxygens (including phenoxy) is 2. The molecule has 1 spiro atoms. The summed E-state index contributed by atoms with van der Waals surface area (Å²) in [4.78, 5) is 47.4. The highest BCUT2D eigenvalue weighted by Gasteiger charge is 2.66. The van der Waals surface area contributed by atoms with E-state index in [9.17, 15) is 19.5 Å². The molecule has 0 unspecified atom stereocenters. The van der Waals surface area contributed by atoms with E-state index < -0.39 is 17.2 Å². The number of aliphatic hydroxyl groups is 1. The Balaban J connectivity index is 1.65. The fourth-order valence-corrected chi connectivity index (χ4v) is 6.15. The van der Waals surface area contributed by atoms with Crippen molar-refractivity contribution < 1.29 is 29.0 Å². The Labute approximate surface area is 235 Å².